The monoisotopic (exact) mass is 493 g/mol. The molecule has 0 atom stereocenters. The van der Waals surface area contributed by atoms with Crippen LogP contribution >= 0.6 is 0 Å². The molecular weight excluding hydrogens is 461 g/mol. The van der Waals surface area contributed by atoms with Gasteiger partial charge in [-0.2, -0.15) is 5.10 Å². The molecule has 190 valence electrons. The zero-order valence-corrected chi connectivity index (χ0v) is 20.0. The number of anilines is 1. The van der Waals surface area contributed by atoms with E-state index in [-0.39, 0.29) is 11.3 Å². The Morgan fingerprint density at radius 3 is 2.14 bits per heavy atom. The van der Waals surface area contributed by atoms with Crippen LogP contribution < -0.4 is 5.32 Å². The number of halogens is 5. The van der Waals surface area contributed by atoms with Gasteiger partial charge in [0.2, 0.25) is 0 Å². The first-order chi connectivity index (χ1) is 16.9. The van der Waals surface area contributed by atoms with Crippen molar-refractivity contribution in [2.45, 2.75) is 64.2 Å². The van der Waals surface area contributed by atoms with Crippen molar-refractivity contribution in [2.24, 2.45) is 7.05 Å². The van der Waals surface area contributed by atoms with Crippen molar-refractivity contribution < 1.29 is 22.0 Å². The van der Waals surface area contributed by atoms with Gasteiger partial charge in [-0.15, -0.1) is 0 Å². The predicted molar refractivity (Wildman–Crippen MR) is 129 cm³/mol. The van der Waals surface area contributed by atoms with E-state index >= 15 is 0 Å². The maximum absolute atomic E-state index is 14.2. The van der Waals surface area contributed by atoms with Crippen molar-refractivity contribution in [3.8, 4) is 11.1 Å². The fraction of sp³-hybridized carbons (Fsp3) is 0.444. The molecule has 8 heteroatoms. The molecule has 1 heterocycles. The third kappa shape index (κ3) is 7.80. The Morgan fingerprint density at radius 2 is 1.43 bits per heavy atom. The highest BCUT2D eigenvalue weighted by Gasteiger charge is 2.17. The molecule has 0 saturated carbocycles. The fourth-order valence-electron chi connectivity index (χ4n) is 4.26. The topological polar surface area (TPSA) is 29.9 Å². The number of alkyl halides is 2. The standard InChI is InChI=1S/C27H32F5N3/c1-35-18-19(26(34-35)27(31)32)12-8-6-4-2-3-5-7-11-15-33-25-14-10-9-13-20(25)21-16-23(29)24(30)17-22(21)28/h9-10,13-14,16-18,27,33H,2-8,11-12,15H2,1H3. The summed E-state index contributed by atoms with van der Waals surface area (Å²) in [6.07, 6.45) is 8.07. The van der Waals surface area contributed by atoms with Gasteiger partial charge < -0.3 is 5.32 Å². The summed E-state index contributed by atoms with van der Waals surface area (Å²) in [6, 6.07) is 8.48. The molecule has 1 aromatic heterocycles. The van der Waals surface area contributed by atoms with Gasteiger partial charge in [-0.25, -0.2) is 22.0 Å². The largest absolute Gasteiger partial charge is 0.385 e. The number of aromatic nitrogens is 2. The zero-order valence-electron chi connectivity index (χ0n) is 20.0. The molecule has 0 amide bonds. The summed E-state index contributed by atoms with van der Waals surface area (Å²) >= 11 is 0. The lowest BCUT2D eigenvalue weighted by molar-refractivity contribution is 0.144. The van der Waals surface area contributed by atoms with Gasteiger partial charge in [0.15, 0.2) is 11.6 Å². The van der Waals surface area contributed by atoms with Crippen LogP contribution in [0.5, 0.6) is 0 Å². The number of nitrogens with zero attached hydrogens (tertiary/aromatic N) is 2. The van der Waals surface area contributed by atoms with Gasteiger partial charge in [-0.05, 0) is 37.0 Å². The summed E-state index contributed by atoms with van der Waals surface area (Å²) in [4.78, 5) is 0. The van der Waals surface area contributed by atoms with E-state index in [0.29, 0.717) is 35.8 Å². The van der Waals surface area contributed by atoms with E-state index in [4.69, 9.17) is 0 Å². The summed E-state index contributed by atoms with van der Waals surface area (Å²) in [5.74, 6) is -3.08. The minimum atomic E-state index is -2.53. The lowest BCUT2D eigenvalue weighted by Crippen LogP contribution is -2.03. The summed E-state index contributed by atoms with van der Waals surface area (Å²) in [5, 5.41) is 7.12. The Bertz CT molecular complexity index is 1080. The Morgan fingerprint density at radius 1 is 0.800 bits per heavy atom. The van der Waals surface area contributed by atoms with Crippen molar-refractivity contribution in [2.75, 3.05) is 11.9 Å². The first-order valence-electron chi connectivity index (χ1n) is 12.1. The van der Waals surface area contributed by atoms with E-state index in [0.717, 1.165) is 57.4 Å². The van der Waals surface area contributed by atoms with Gasteiger partial charge in [-0.3, -0.25) is 4.68 Å². The molecule has 0 fully saturated rings. The number of hydrogen-bond donors (Lipinski definition) is 1. The second kappa shape index (κ2) is 13.3. The van der Waals surface area contributed by atoms with Gasteiger partial charge in [-0.1, -0.05) is 56.7 Å². The minimum Gasteiger partial charge on any atom is -0.385 e. The molecule has 1 N–H and O–H groups in total. The third-order valence-corrected chi connectivity index (χ3v) is 6.06. The number of aryl methyl sites for hydroxylation is 2. The Kier molecular flexibility index (Phi) is 10.1. The van der Waals surface area contributed by atoms with Gasteiger partial charge in [0.05, 0.1) is 0 Å². The van der Waals surface area contributed by atoms with Crippen LogP contribution in [0.25, 0.3) is 11.1 Å². The highest BCUT2D eigenvalue weighted by atomic mass is 19.3. The summed E-state index contributed by atoms with van der Waals surface area (Å²) < 4.78 is 68.5. The molecule has 0 aliphatic rings. The van der Waals surface area contributed by atoms with E-state index in [2.05, 4.69) is 10.4 Å². The van der Waals surface area contributed by atoms with Gasteiger partial charge in [0, 0.05) is 42.7 Å². The molecular formula is C27H32F5N3. The van der Waals surface area contributed by atoms with Crippen LogP contribution in [0.15, 0.2) is 42.6 Å². The van der Waals surface area contributed by atoms with Crippen molar-refractivity contribution in [3.05, 3.63) is 71.3 Å². The molecule has 2 aromatic carbocycles. The van der Waals surface area contributed by atoms with Gasteiger partial charge in [0.25, 0.3) is 6.43 Å². The molecule has 3 aromatic rings. The van der Waals surface area contributed by atoms with Crippen LogP contribution in [-0.4, -0.2) is 16.3 Å². The number of nitrogens with one attached hydrogen (secondary N) is 1. The van der Waals surface area contributed by atoms with Crippen molar-refractivity contribution in [1.29, 1.82) is 0 Å². The van der Waals surface area contributed by atoms with E-state index in [9.17, 15) is 22.0 Å². The van der Waals surface area contributed by atoms with Crippen LogP contribution in [-0.2, 0) is 13.5 Å². The second-order valence-corrected chi connectivity index (χ2v) is 8.81. The van der Waals surface area contributed by atoms with Crippen molar-refractivity contribution in [3.63, 3.8) is 0 Å². The van der Waals surface area contributed by atoms with Crippen LogP contribution in [0.2, 0.25) is 0 Å². The number of hydrogen-bond acceptors (Lipinski definition) is 2. The maximum atomic E-state index is 14.2. The smallest absolute Gasteiger partial charge is 0.282 e. The lowest BCUT2D eigenvalue weighted by atomic mass is 10.0. The molecule has 0 bridgehead atoms. The first kappa shape index (κ1) is 26.7. The summed E-state index contributed by atoms with van der Waals surface area (Å²) in [6.45, 7) is 0.694. The molecule has 0 radical (unpaired) electrons. The van der Waals surface area contributed by atoms with Crippen LogP contribution in [0.3, 0.4) is 0 Å². The number of unbranched alkanes of at least 4 members (excludes halogenated alkanes) is 7. The highest BCUT2D eigenvalue weighted by molar-refractivity contribution is 5.78. The van der Waals surface area contributed by atoms with Crippen LogP contribution in [0.1, 0.15) is 69.0 Å². The van der Waals surface area contributed by atoms with Crippen molar-refractivity contribution in [1.82, 2.24) is 9.78 Å². The minimum absolute atomic E-state index is 0.0287. The molecule has 0 unspecified atom stereocenters. The lowest BCUT2D eigenvalue weighted by Gasteiger charge is -2.13. The van der Waals surface area contributed by atoms with E-state index in [1.54, 1.807) is 31.4 Å². The van der Waals surface area contributed by atoms with Gasteiger partial charge in [0.1, 0.15) is 11.5 Å². The summed E-state index contributed by atoms with van der Waals surface area (Å²) in [7, 11) is 1.66. The summed E-state index contributed by atoms with van der Waals surface area (Å²) in [5.41, 5.74) is 1.75. The molecule has 0 spiro atoms. The normalized spacial score (nSPS) is 11.4. The van der Waals surface area contributed by atoms with Crippen LogP contribution in [0, 0.1) is 17.5 Å². The fourth-order valence-corrected chi connectivity index (χ4v) is 4.26. The number of para-hydroxylation sites is 1. The molecule has 0 aliphatic carbocycles. The molecule has 3 rings (SSSR count). The molecule has 0 saturated heterocycles. The first-order valence-corrected chi connectivity index (χ1v) is 12.1. The van der Waals surface area contributed by atoms with Gasteiger partial charge >= 0.3 is 0 Å². The average Bonchev–Trinajstić information content (AvgIpc) is 3.21. The molecule has 0 aliphatic heterocycles. The maximum Gasteiger partial charge on any atom is 0.282 e. The molecule has 3 nitrogen and oxygen atoms in total. The SMILES string of the molecule is Cn1cc(CCCCCCCCCCNc2ccccc2-c2cc(F)c(F)cc2F)c(C(F)F)n1. The highest BCUT2D eigenvalue weighted by Crippen LogP contribution is 2.31. The quantitative estimate of drug-likeness (QED) is 0.139. The Labute approximate surface area is 203 Å². The number of rotatable bonds is 14. The van der Waals surface area contributed by atoms with E-state index in [1.807, 2.05) is 6.07 Å². The Hall–Kier alpha value is -2.90. The Balaban J connectivity index is 1.30. The average molecular weight is 494 g/mol. The van der Waals surface area contributed by atoms with Crippen LogP contribution in [0.4, 0.5) is 27.6 Å². The van der Waals surface area contributed by atoms with E-state index < -0.39 is 23.9 Å². The van der Waals surface area contributed by atoms with E-state index in [1.165, 1.54) is 4.68 Å². The third-order valence-electron chi connectivity index (χ3n) is 6.06. The zero-order chi connectivity index (χ0) is 25.2. The van der Waals surface area contributed by atoms with Crippen molar-refractivity contribution >= 4 is 5.69 Å². The number of benzene rings is 2. The second-order valence-electron chi connectivity index (χ2n) is 8.81. The molecule has 35 heavy (non-hydrogen) atoms. The predicted octanol–water partition coefficient (Wildman–Crippen LogP) is 8.22.